The molecule has 0 radical (unpaired) electrons. The number of fused-ring (bicyclic) bond motifs is 2. The zero-order valence-electron chi connectivity index (χ0n) is 16.3. The van der Waals surface area contributed by atoms with Gasteiger partial charge in [0.25, 0.3) is 0 Å². The van der Waals surface area contributed by atoms with Crippen molar-refractivity contribution < 1.29 is 23.5 Å². The van der Waals surface area contributed by atoms with Crippen molar-refractivity contribution in [3.63, 3.8) is 0 Å². The van der Waals surface area contributed by atoms with Crippen molar-refractivity contribution in [2.45, 2.75) is 30.8 Å². The molecular formula is C20H26FN3O4. The van der Waals surface area contributed by atoms with Crippen molar-refractivity contribution in [3.8, 4) is 0 Å². The number of benzene rings is 1. The number of likely N-dealkylation sites (tertiary alicyclic amines) is 1. The molecule has 0 unspecified atom stereocenters. The van der Waals surface area contributed by atoms with E-state index in [-0.39, 0.29) is 29.5 Å². The quantitative estimate of drug-likeness (QED) is 0.738. The lowest BCUT2D eigenvalue weighted by Crippen LogP contribution is -2.49. The van der Waals surface area contributed by atoms with E-state index in [4.69, 9.17) is 9.47 Å². The first-order valence-electron chi connectivity index (χ1n) is 9.72. The molecule has 0 N–H and O–H groups in total. The minimum atomic E-state index is -0.337. The number of halogens is 1. The predicted octanol–water partition coefficient (Wildman–Crippen LogP) is 2.59. The molecule has 4 rings (SSSR count). The summed E-state index contributed by atoms with van der Waals surface area (Å²) < 4.78 is 24.8. The topological polar surface area (TPSA) is 62.3 Å². The Kier molecular flexibility index (Phi) is 4.91. The maximum Gasteiger partial charge on any atom is 0.410 e. The molecule has 0 aliphatic carbocycles. The minimum absolute atomic E-state index is 0.118. The van der Waals surface area contributed by atoms with Crippen LogP contribution < -0.4 is 4.90 Å². The first-order valence-corrected chi connectivity index (χ1v) is 9.72. The fourth-order valence-corrected chi connectivity index (χ4v) is 4.42. The fourth-order valence-electron chi connectivity index (χ4n) is 4.42. The number of amides is 3. The maximum absolute atomic E-state index is 14.0. The number of carbonyl (C=O) groups is 2. The van der Waals surface area contributed by atoms with Crippen LogP contribution in [-0.2, 0) is 14.9 Å². The van der Waals surface area contributed by atoms with Crippen LogP contribution in [0.15, 0.2) is 18.2 Å². The average Bonchev–Trinajstić information content (AvgIpc) is 3.28. The van der Waals surface area contributed by atoms with E-state index < -0.39 is 0 Å². The summed E-state index contributed by atoms with van der Waals surface area (Å²) >= 11 is 0. The Morgan fingerprint density at radius 3 is 2.68 bits per heavy atom. The Labute approximate surface area is 164 Å². The first kappa shape index (κ1) is 19.0. The van der Waals surface area contributed by atoms with Gasteiger partial charge in [0.15, 0.2) is 0 Å². The maximum atomic E-state index is 14.0. The van der Waals surface area contributed by atoms with E-state index in [2.05, 4.69) is 0 Å². The number of hydrogen-bond acceptors (Lipinski definition) is 4. The van der Waals surface area contributed by atoms with Gasteiger partial charge in [-0.25, -0.2) is 14.0 Å². The van der Waals surface area contributed by atoms with Crippen LogP contribution >= 0.6 is 0 Å². The van der Waals surface area contributed by atoms with Gasteiger partial charge in [0, 0.05) is 51.3 Å². The number of ether oxygens (including phenoxy) is 2. The number of piperidine rings is 1. The molecule has 1 aromatic carbocycles. The fraction of sp³-hybridized carbons (Fsp3) is 0.600. The molecule has 2 saturated heterocycles. The lowest BCUT2D eigenvalue weighted by molar-refractivity contribution is 0.0444. The molecule has 7 nitrogen and oxygen atoms in total. The lowest BCUT2D eigenvalue weighted by atomic mass is 9.74. The second kappa shape index (κ2) is 7.24. The number of urea groups is 1. The van der Waals surface area contributed by atoms with Crippen molar-refractivity contribution in [2.75, 3.05) is 51.8 Å². The average molecular weight is 391 g/mol. The summed E-state index contributed by atoms with van der Waals surface area (Å²) in [7, 11) is 3.42. The summed E-state index contributed by atoms with van der Waals surface area (Å²) in [6.45, 7) is 2.62. The molecule has 2 fully saturated rings. The van der Waals surface area contributed by atoms with Gasteiger partial charge in [0.1, 0.15) is 11.9 Å². The molecule has 28 heavy (non-hydrogen) atoms. The molecule has 1 spiro atoms. The van der Waals surface area contributed by atoms with Gasteiger partial charge in [0.05, 0.1) is 13.2 Å². The Hall–Kier alpha value is -2.35. The molecule has 1 atom stereocenters. The van der Waals surface area contributed by atoms with Gasteiger partial charge in [-0.3, -0.25) is 4.90 Å². The molecule has 3 aliphatic heterocycles. The molecule has 8 heteroatoms. The van der Waals surface area contributed by atoms with Crippen LogP contribution in [0.5, 0.6) is 0 Å². The second-order valence-electron chi connectivity index (χ2n) is 8.06. The third-order valence-electron chi connectivity index (χ3n) is 6.03. The number of carbonyl (C=O) groups excluding carboxylic acids is 2. The van der Waals surface area contributed by atoms with Gasteiger partial charge in [-0.2, -0.15) is 0 Å². The van der Waals surface area contributed by atoms with Crippen LogP contribution in [-0.4, -0.2) is 75.0 Å². The minimum Gasteiger partial charge on any atom is -0.444 e. The van der Waals surface area contributed by atoms with Crippen LogP contribution in [0.3, 0.4) is 0 Å². The van der Waals surface area contributed by atoms with E-state index >= 15 is 0 Å². The van der Waals surface area contributed by atoms with Crippen LogP contribution in [0.4, 0.5) is 19.7 Å². The van der Waals surface area contributed by atoms with Crippen molar-refractivity contribution >= 4 is 17.8 Å². The molecule has 3 amide bonds. The monoisotopic (exact) mass is 391 g/mol. The van der Waals surface area contributed by atoms with Gasteiger partial charge in [0.2, 0.25) is 0 Å². The van der Waals surface area contributed by atoms with Gasteiger partial charge in [-0.1, -0.05) is 0 Å². The summed E-state index contributed by atoms with van der Waals surface area (Å²) in [6, 6.07) is 4.50. The van der Waals surface area contributed by atoms with Crippen LogP contribution in [0.25, 0.3) is 0 Å². The summed E-state index contributed by atoms with van der Waals surface area (Å²) in [5, 5.41) is 0. The van der Waals surface area contributed by atoms with Crippen LogP contribution in [0, 0.1) is 5.82 Å². The summed E-state index contributed by atoms with van der Waals surface area (Å²) in [4.78, 5) is 30.0. The van der Waals surface area contributed by atoms with Crippen molar-refractivity contribution in [3.05, 3.63) is 29.6 Å². The highest BCUT2D eigenvalue weighted by molar-refractivity contribution is 5.95. The third-order valence-corrected chi connectivity index (χ3v) is 6.03. The smallest absolute Gasteiger partial charge is 0.410 e. The summed E-state index contributed by atoms with van der Waals surface area (Å²) in [5.41, 5.74) is 1.29. The molecule has 152 valence electrons. The molecule has 0 bridgehead atoms. The third kappa shape index (κ3) is 3.30. The van der Waals surface area contributed by atoms with Crippen LogP contribution in [0.2, 0.25) is 0 Å². The molecule has 0 aromatic heterocycles. The summed E-state index contributed by atoms with van der Waals surface area (Å²) in [5.74, 6) is -0.305. The first-order chi connectivity index (χ1) is 13.4. The zero-order chi connectivity index (χ0) is 19.9. The standard InChI is InChI=1S/C20H26FN3O4/c1-22(2)18(25)24-13-20(16-11-14(21)3-4-17(16)24)6-8-23(9-7-20)19(26)28-15-5-10-27-12-15/h3-4,11,15H,5-10,12-13H2,1-2H3/t15-/m1/s1. The molecular weight excluding hydrogens is 365 g/mol. The number of rotatable bonds is 1. The second-order valence-corrected chi connectivity index (χ2v) is 8.06. The van der Waals surface area contributed by atoms with E-state index in [9.17, 15) is 14.0 Å². The predicted molar refractivity (Wildman–Crippen MR) is 101 cm³/mol. The highest BCUT2D eigenvalue weighted by Gasteiger charge is 2.47. The highest BCUT2D eigenvalue weighted by Crippen LogP contribution is 2.47. The lowest BCUT2D eigenvalue weighted by Gasteiger charge is -2.39. The van der Waals surface area contributed by atoms with Gasteiger partial charge in [-0.15, -0.1) is 0 Å². The molecule has 3 heterocycles. The van der Waals surface area contributed by atoms with Crippen molar-refractivity contribution in [1.29, 1.82) is 0 Å². The largest absolute Gasteiger partial charge is 0.444 e. The number of anilines is 1. The van der Waals surface area contributed by atoms with E-state index in [1.54, 1.807) is 36.0 Å². The zero-order valence-corrected chi connectivity index (χ0v) is 16.3. The van der Waals surface area contributed by atoms with E-state index in [0.717, 1.165) is 17.7 Å². The van der Waals surface area contributed by atoms with Gasteiger partial charge < -0.3 is 19.3 Å². The summed E-state index contributed by atoms with van der Waals surface area (Å²) in [6.07, 6.45) is 1.58. The molecule has 1 aromatic rings. The molecule has 0 saturated carbocycles. The van der Waals surface area contributed by atoms with Crippen molar-refractivity contribution in [2.24, 2.45) is 0 Å². The van der Waals surface area contributed by atoms with Gasteiger partial charge >= 0.3 is 12.1 Å². The van der Waals surface area contributed by atoms with E-state index in [0.29, 0.717) is 45.7 Å². The SMILES string of the molecule is CN(C)C(=O)N1CC2(CCN(C(=O)O[C@@H]3CCOC3)CC2)c2cc(F)ccc21. The van der Waals surface area contributed by atoms with E-state index in [1.807, 2.05) is 0 Å². The number of hydrogen-bond donors (Lipinski definition) is 0. The van der Waals surface area contributed by atoms with Crippen molar-refractivity contribution in [1.82, 2.24) is 9.80 Å². The molecule has 3 aliphatic rings. The Morgan fingerprint density at radius 1 is 1.29 bits per heavy atom. The Balaban J connectivity index is 1.50. The van der Waals surface area contributed by atoms with Crippen LogP contribution in [0.1, 0.15) is 24.8 Å². The number of nitrogens with zero attached hydrogens (tertiary/aromatic N) is 3. The normalized spacial score (nSPS) is 23.0. The highest BCUT2D eigenvalue weighted by atomic mass is 19.1. The van der Waals surface area contributed by atoms with E-state index in [1.165, 1.54) is 11.0 Å². The Morgan fingerprint density at radius 2 is 2.04 bits per heavy atom. The van der Waals surface area contributed by atoms with Gasteiger partial charge in [-0.05, 0) is 36.6 Å². The Bertz CT molecular complexity index is 771.